The first kappa shape index (κ1) is 17.9. The van der Waals surface area contributed by atoms with Crippen LogP contribution in [0, 0.1) is 0 Å². The first-order valence-corrected chi connectivity index (χ1v) is 8.74. The van der Waals surface area contributed by atoms with Crippen molar-refractivity contribution < 1.29 is 14.3 Å². The molecule has 0 unspecified atom stereocenters. The van der Waals surface area contributed by atoms with E-state index in [0.29, 0.717) is 6.61 Å². The van der Waals surface area contributed by atoms with Gasteiger partial charge in [0, 0.05) is 12.2 Å². The molecule has 3 rings (SSSR count). The van der Waals surface area contributed by atoms with Crippen LogP contribution in [-0.4, -0.2) is 31.5 Å². The van der Waals surface area contributed by atoms with E-state index in [4.69, 9.17) is 4.74 Å². The number of nitrogens with one attached hydrogen (secondary N) is 2. The van der Waals surface area contributed by atoms with Crippen LogP contribution in [-0.2, 0) is 27.4 Å². The Morgan fingerprint density at radius 2 is 1.69 bits per heavy atom. The van der Waals surface area contributed by atoms with Crippen LogP contribution in [0.2, 0.25) is 0 Å². The smallest absolute Gasteiger partial charge is 0.264 e. The summed E-state index contributed by atoms with van der Waals surface area (Å²) in [5.74, 6) is -0.633. The minimum absolute atomic E-state index is 0.109. The highest BCUT2D eigenvalue weighted by molar-refractivity contribution is 5.85. The van der Waals surface area contributed by atoms with Crippen molar-refractivity contribution >= 4 is 17.5 Å². The minimum Gasteiger partial charge on any atom is -0.367 e. The molecule has 136 valence electrons. The maximum Gasteiger partial charge on any atom is 0.264 e. The molecular weight excluding hydrogens is 330 g/mol. The molecule has 6 nitrogen and oxygen atoms in total. The third-order valence-electron chi connectivity index (χ3n) is 4.23. The van der Waals surface area contributed by atoms with Gasteiger partial charge in [-0.15, -0.1) is 0 Å². The van der Waals surface area contributed by atoms with Crippen molar-refractivity contribution in [2.24, 2.45) is 0 Å². The molecule has 0 aliphatic carbocycles. The number of hydrazine groups is 1. The number of aryl methyl sites for hydroxylation is 1. The zero-order valence-electron chi connectivity index (χ0n) is 14.6. The number of hydrogen-bond acceptors (Lipinski definition) is 4. The van der Waals surface area contributed by atoms with Crippen LogP contribution in [0.4, 0.5) is 5.69 Å². The molecule has 1 aliphatic heterocycles. The molecule has 1 aliphatic rings. The molecule has 0 spiro atoms. The van der Waals surface area contributed by atoms with E-state index in [1.54, 1.807) is 0 Å². The minimum atomic E-state index is -0.381. The van der Waals surface area contributed by atoms with Crippen LogP contribution in [0.1, 0.15) is 17.5 Å². The number of hydrogen-bond donors (Lipinski definition) is 2. The molecule has 0 saturated heterocycles. The summed E-state index contributed by atoms with van der Waals surface area (Å²) in [6, 6.07) is 17.7. The van der Waals surface area contributed by atoms with Crippen molar-refractivity contribution in [2.75, 3.05) is 24.6 Å². The van der Waals surface area contributed by atoms with E-state index in [2.05, 4.69) is 16.9 Å². The molecule has 0 radical (unpaired) electrons. The molecule has 2 N–H and O–H groups in total. The zero-order chi connectivity index (χ0) is 18.2. The Morgan fingerprint density at radius 3 is 2.54 bits per heavy atom. The van der Waals surface area contributed by atoms with Gasteiger partial charge in [-0.05, 0) is 30.0 Å². The summed E-state index contributed by atoms with van der Waals surface area (Å²) in [4.78, 5) is 25.9. The Morgan fingerprint density at radius 1 is 0.962 bits per heavy atom. The molecule has 0 saturated carbocycles. The Kier molecular flexibility index (Phi) is 6.22. The standard InChI is InChI=1S/C20H23N3O3/c24-19(13-23-12-6-10-17-9-4-5-11-18(17)23)21-22-20(25)15-26-14-16-7-2-1-3-8-16/h1-5,7-9,11H,6,10,12-15H2,(H,21,24)(H,22,25). The van der Waals surface area contributed by atoms with Crippen molar-refractivity contribution in [2.45, 2.75) is 19.4 Å². The van der Waals surface area contributed by atoms with Crippen molar-refractivity contribution in [3.8, 4) is 0 Å². The van der Waals surface area contributed by atoms with E-state index in [0.717, 1.165) is 30.6 Å². The highest BCUT2D eigenvalue weighted by Gasteiger charge is 2.18. The van der Waals surface area contributed by atoms with Crippen molar-refractivity contribution in [1.29, 1.82) is 0 Å². The first-order chi connectivity index (χ1) is 12.7. The van der Waals surface area contributed by atoms with Gasteiger partial charge in [-0.3, -0.25) is 20.4 Å². The lowest BCUT2D eigenvalue weighted by atomic mass is 10.0. The lowest BCUT2D eigenvalue weighted by Crippen LogP contribution is -2.48. The number of carbonyl (C=O) groups excluding carboxylic acids is 2. The Bertz CT molecular complexity index is 749. The van der Waals surface area contributed by atoms with Gasteiger partial charge in [0.15, 0.2) is 0 Å². The number of rotatable bonds is 6. The van der Waals surface area contributed by atoms with Crippen molar-refractivity contribution in [1.82, 2.24) is 10.9 Å². The van der Waals surface area contributed by atoms with Gasteiger partial charge in [-0.1, -0.05) is 48.5 Å². The summed E-state index contributed by atoms with van der Waals surface area (Å²) in [7, 11) is 0. The summed E-state index contributed by atoms with van der Waals surface area (Å²) in [5, 5.41) is 0. The number of anilines is 1. The summed E-state index contributed by atoms with van der Waals surface area (Å²) >= 11 is 0. The third-order valence-corrected chi connectivity index (χ3v) is 4.23. The molecule has 0 atom stereocenters. The number of nitrogens with zero attached hydrogens (tertiary/aromatic N) is 1. The summed E-state index contributed by atoms with van der Waals surface area (Å²) in [6.45, 7) is 1.29. The van der Waals surface area contributed by atoms with Crippen LogP contribution in [0.15, 0.2) is 54.6 Å². The fourth-order valence-electron chi connectivity index (χ4n) is 3.00. The Balaban J connectivity index is 1.38. The highest BCUT2D eigenvalue weighted by atomic mass is 16.5. The van der Waals surface area contributed by atoms with E-state index in [1.807, 2.05) is 53.4 Å². The number of fused-ring (bicyclic) bond motifs is 1. The van der Waals surface area contributed by atoms with Gasteiger partial charge in [-0.2, -0.15) is 0 Å². The number of para-hydroxylation sites is 1. The molecular formula is C20H23N3O3. The summed E-state index contributed by atoms with van der Waals surface area (Å²) in [6.07, 6.45) is 2.05. The largest absolute Gasteiger partial charge is 0.367 e. The second-order valence-corrected chi connectivity index (χ2v) is 6.23. The van der Waals surface area contributed by atoms with Crippen molar-refractivity contribution in [3.63, 3.8) is 0 Å². The molecule has 0 bridgehead atoms. The predicted molar refractivity (Wildman–Crippen MR) is 99.4 cm³/mol. The van der Waals surface area contributed by atoms with Crippen LogP contribution in [0.5, 0.6) is 0 Å². The maximum atomic E-state index is 12.1. The van der Waals surface area contributed by atoms with E-state index in [-0.39, 0.29) is 25.0 Å². The average molecular weight is 353 g/mol. The van der Waals surface area contributed by atoms with Crippen LogP contribution >= 0.6 is 0 Å². The lowest BCUT2D eigenvalue weighted by Gasteiger charge is -2.30. The van der Waals surface area contributed by atoms with Crippen LogP contribution in [0.3, 0.4) is 0 Å². The van der Waals surface area contributed by atoms with E-state index in [1.165, 1.54) is 5.56 Å². The monoisotopic (exact) mass is 353 g/mol. The first-order valence-electron chi connectivity index (χ1n) is 8.74. The van der Waals surface area contributed by atoms with Gasteiger partial charge in [-0.25, -0.2) is 0 Å². The SMILES string of the molecule is O=C(COCc1ccccc1)NNC(=O)CN1CCCc2ccccc21. The number of amides is 2. The molecule has 6 heteroatoms. The fraction of sp³-hybridized carbons (Fsp3) is 0.300. The molecule has 2 aromatic carbocycles. The Hall–Kier alpha value is -2.86. The molecule has 1 heterocycles. The topological polar surface area (TPSA) is 70.7 Å². The molecule has 2 amide bonds. The quantitative estimate of drug-likeness (QED) is 0.777. The van der Waals surface area contributed by atoms with Gasteiger partial charge in [0.1, 0.15) is 6.61 Å². The maximum absolute atomic E-state index is 12.1. The fourth-order valence-corrected chi connectivity index (χ4v) is 3.00. The van der Waals surface area contributed by atoms with E-state index < -0.39 is 0 Å². The summed E-state index contributed by atoms with van der Waals surface area (Å²) in [5.41, 5.74) is 8.18. The van der Waals surface area contributed by atoms with E-state index >= 15 is 0 Å². The lowest BCUT2D eigenvalue weighted by molar-refractivity contribution is -0.131. The zero-order valence-corrected chi connectivity index (χ0v) is 14.6. The van der Waals surface area contributed by atoms with Gasteiger partial charge in [0.05, 0.1) is 13.2 Å². The van der Waals surface area contributed by atoms with E-state index in [9.17, 15) is 9.59 Å². The summed E-state index contributed by atoms with van der Waals surface area (Å²) < 4.78 is 5.34. The molecule has 0 aromatic heterocycles. The number of benzene rings is 2. The molecule has 0 fully saturated rings. The second kappa shape index (κ2) is 9.01. The highest BCUT2D eigenvalue weighted by Crippen LogP contribution is 2.26. The third kappa shape index (κ3) is 5.07. The van der Waals surface area contributed by atoms with Gasteiger partial charge >= 0.3 is 0 Å². The number of carbonyl (C=O) groups is 2. The van der Waals surface area contributed by atoms with Gasteiger partial charge in [0.25, 0.3) is 11.8 Å². The van der Waals surface area contributed by atoms with Crippen molar-refractivity contribution in [3.05, 3.63) is 65.7 Å². The van der Waals surface area contributed by atoms with Crippen LogP contribution < -0.4 is 15.8 Å². The molecule has 2 aromatic rings. The normalized spacial score (nSPS) is 13.0. The van der Waals surface area contributed by atoms with Crippen LogP contribution in [0.25, 0.3) is 0 Å². The average Bonchev–Trinajstić information content (AvgIpc) is 2.67. The second-order valence-electron chi connectivity index (χ2n) is 6.23. The van der Waals surface area contributed by atoms with Gasteiger partial charge < -0.3 is 9.64 Å². The Labute approximate surface area is 153 Å². The predicted octanol–water partition coefficient (Wildman–Crippen LogP) is 1.80. The van der Waals surface area contributed by atoms with Gasteiger partial charge in [0.2, 0.25) is 0 Å². The number of ether oxygens (including phenoxy) is 1. The molecule has 26 heavy (non-hydrogen) atoms.